The molecule has 4 heterocycles. The highest BCUT2D eigenvalue weighted by Crippen LogP contribution is 2.62. The van der Waals surface area contributed by atoms with Crippen LogP contribution in [0.15, 0.2) is 74.6 Å². The van der Waals surface area contributed by atoms with Crippen LogP contribution in [0.4, 0.5) is 10.1 Å². The first kappa shape index (κ1) is 36.8. The summed E-state index contributed by atoms with van der Waals surface area (Å²) in [6.45, 7) is 1.46. The minimum atomic E-state index is -1.45. The van der Waals surface area contributed by atoms with E-state index in [0.29, 0.717) is 33.7 Å². The smallest absolute Gasteiger partial charge is 0.347 e. The van der Waals surface area contributed by atoms with E-state index in [4.69, 9.17) is 25.8 Å². The third-order valence-electron chi connectivity index (χ3n) is 11.5. The van der Waals surface area contributed by atoms with E-state index in [1.54, 1.807) is 38.2 Å². The molecule has 8 rings (SSSR count). The topological polar surface area (TPSA) is 169 Å². The molecule has 2 fully saturated rings. The van der Waals surface area contributed by atoms with Gasteiger partial charge in [0, 0.05) is 49.7 Å². The highest BCUT2D eigenvalue weighted by Gasteiger charge is 2.66. The lowest BCUT2D eigenvalue weighted by Gasteiger charge is -2.47. The highest BCUT2D eigenvalue weighted by molar-refractivity contribution is 6.31. The number of fused-ring (bicyclic) bond motifs is 5. The Kier molecular flexibility index (Phi) is 8.71. The van der Waals surface area contributed by atoms with Crippen molar-refractivity contribution >= 4 is 40.1 Å². The number of halogens is 2. The van der Waals surface area contributed by atoms with Gasteiger partial charge in [-0.2, -0.15) is 0 Å². The Balaban J connectivity index is 1.22. The number of benzene rings is 3. The van der Waals surface area contributed by atoms with Crippen LogP contribution in [0.3, 0.4) is 0 Å². The van der Waals surface area contributed by atoms with Gasteiger partial charge in [0.15, 0.2) is 11.5 Å². The lowest BCUT2D eigenvalue weighted by Crippen LogP contribution is -2.49. The molecule has 3 aliphatic rings. The molecule has 3 aromatic carbocycles. The van der Waals surface area contributed by atoms with Crippen molar-refractivity contribution in [2.75, 3.05) is 26.2 Å². The highest BCUT2D eigenvalue weighted by atomic mass is 35.5. The molecule has 1 N–H and O–H groups in total. The number of carbonyl (C=O) groups is 2. The number of imide groups is 1. The number of rotatable bonds is 8. The van der Waals surface area contributed by atoms with Crippen LogP contribution in [-0.2, 0) is 36.1 Å². The molecule has 2 aliphatic heterocycles. The fraction of sp³-hybridized carbons (Fsp3) is 0.333. The number of methoxy groups -OCH3 is 3. The molecule has 2 amide bonds. The number of aromatic nitrogens is 5. The Morgan fingerprint density at radius 2 is 1.66 bits per heavy atom. The fourth-order valence-corrected chi connectivity index (χ4v) is 8.93. The third kappa shape index (κ3) is 5.22. The van der Waals surface area contributed by atoms with Crippen LogP contribution < -0.4 is 36.0 Å². The number of phenols is 1. The molecule has 0 bridgehead atoms. The van der Waals surface area contributed by atoms with Crippen molar-refractivity contribution in [1.82, 2.24) is 23.5 Å². The van der Waals surface area contributed by atoms with Gasteiger partial charge in [-0.3, -0.25) is 14.4 Å². The molecule has 0 unspecified atom stereocenters. The minimum Gasteiger partial charge on any atom is -0.508 e. The van der Waals surface area contributed by atoms with Gasteiger partial charge in [-0.05, 0) is 43.2 Å². The molecule has 56 heavy (non-hydrogen) atoms. The summed E-state index contributed by atoms with van der Waals surface area (Å²) in [6.07, 6.45) is 1.69. The zero-order chi connectivity index (χ0) is 40.0. The molecular formula is C39H36ClFN6O9. The lowest BCUT2D eigenvalue weighted by molar-refractivity contribution is -0.129. The quantitative estimate of drug-likeness (QED) is 0.181. The van der Waals surface area contributed by atoms with Gasteiger partial charge in [-0.25, -0.2) is 37.8 Å². The van der Waals surface area contributed by atoms with Crippen molar-refractivity contribution in [3.8, 4) is 23.0 Å². The van der Waals surface area contributed by atoms with E-state index in [2.05, 4.69) is 4.98 Å². The average Bonchev–Trinajstić information content (AvgIpc) is 3.55. The summed E-state index contributed by atoms with van der Waals surface area (Å²) in [5.41, 5.74) is -0.943. The van der Waals surface area contributed by atoms with E-state index in [9.17, 15) is 33.5 Å². The van der Waals surface area contributed by atoms with Gasteiger partial charge in [-0.1, -0.05) is 23.7 Å². The van der Waals surface area contributed by atoms with Crippen LogP contribution >= 0.6 is 11.6 Å². The fourth-order valence-electron chi connectivity index (χ4n) is 8.76. The van der Waals surface area contributed by atoms with Gasteiger partial charge < -0.3 is 23.9 Å². The summed E-state index contributed by atoms with van der Waals surface area (Å²) in [6, 6.07) is 10.4. The van der Waals surface area contributed by atoms with Crippen molar-refractivity contribution in [3.05, 3.63) is 114 Å². The molecule has 15 nitrogen and oxygen atoms in total. The number of anilines is 1. The first-order valence-electron chi connectivity index (χ1n) is 17.7. The van der Waals surface area contributed by atoms with Crippen molar-refractivity contribution in [3.63, 3.8) is 0 Å². The Morgan fingerprint density at radius 1 is 0.946 bits per heavy atom. The summed E-state index contributed by atoms with van der Waals surface area (Å²) in [5, 5.41) is 10.1. The van der Waals surface area contributed by atoms with Crippen molar-refractivity contribution in [1.29, 1.82) is 0 Å². The maximum absolute atomic E-state index is 14.7. The van der Waals surface area contributed by atoms with E-state index in [-0.39, 0.29) is 53.8 Å². The Labute approximate surface area is 322 Å². The number of phenolic OH excluding ortho intramolecular Hbond substituents is 1. The SMILES string of the molecule is COc1cc2nc(CCn3c(=O)n4n(c3=O)[C@@H]3C[C@H]5C(=O)N(c6ccc(F)c(Cl)c6)C(=O)[C@@]5(C)[C@@H](c5ccc(O)cc5OC)C3=CC4)c(=O)n(C)c2cc1OC. The van der Waals surface area contributed by atoms with Gasteiger partial charge in [0.1, 0.15) is 23.0 Å². The predicted molar refractivity (Wildman–Crippen MR) is 201 cm³/mol. The van der Waals surface area contributed by atoms with E-state index in [1.165, 1.54) is 59.5 Å². The number of aromatic hydroxyl groups is 1. The van der Waals surface area contributed by atoms with E-state index < -0.39 is 57.9 Å². The molecule has 1 saturated carbocycles. The second kappa shape index (κ2) is 13.3. The maximum atomic E-state index is 14.7. The lowest BCUT2D eigenvalue weighted by atomic mass is 9.56. The monoisotopic (exact) mass is 786 g/mol. The van der Waals surface area contributed by atoms with E-state index >= 15 is 0 Å². The first-order chi connectivity index (χ1) is 26.7. The molecule has 0 spiro atoms. The molecule has 5 aromatic rings. The number of hydrogen-bond donors (Lipinski definition) is 1. The summed E-state index contributed by atoms with van der Waals surface area (Å²) >= 11 is 6.10. The molecule has 17 heteroatoms. The molecule has 1 saturated heterocycles. The van der Waals surface area contributed by atoms with Gasteiger partial charge in [0.2, 0.25) is 11.8 Å². The molecular weight excluding hydrogens is 751 g/mol. The van der Waals surface area contributed by atoms with Gasteiger partial charge in [0.05, 0.1) is 67.0 Å². The van der Waals surface area contributed by atoms with Crippen LogP contribution in [0.25, 0.3) is 11.0 Å². The second-order valence-electron chi connectivity index (χ2n) is 14.2. The number of aryl methyl sites for hydroxylation is 2. The minimum absolute atomic E-state index is 0.0311. The number of carbonyl (C=O) groups excluding carboxylic acids is 2. The van der Waals surface area contributed by atoms with Crippen molar-refractivity contribution in [2.45, 2.75) is 44.8 Å². The van der Waals surface area contributed by atoms with Crippen LogP contribution in [0.1, 0.15) is 36.6 Å². The summed E-state index contributed by atoms with van der Waals surface area (Å²) in [4.78, 5) is 76.4. The average molecular weight is 787 g/mol. The number of allylic oxidation sites excluding steroid dienone is 2. The summed E-state index contributed by atoms with van der Waals surface area (Å²) in [7, 11) is 5.96. The Bertz CT molecular complexity index is 2730. The Hall–Kier alpha value is -6.16. The summed E-state index contributed by atoms with van der Waals surface area (Å²) < 4.78 is 35.7. The van der Waals surface area contributed by atoms with E-state index in [0.717, 1.165) is 15.5 Å². The molecule has 1 aliphatic carbocycles. The number of nitrogens with zero attached hydrogens (tertiary/aromatic N) is 6. The van der Waals surface area contributed by atoms with Crippen LogP contribution in [-0.4, -0.2) is 61.7 Å². The van der Waals surface area contributed by atoms with Gasteiger partial charge in [-0.15, -0.1) is 0 Å². The number of hydrogen-bond acceptors (Lipinski definition) is 10. The van der Waals surface area contributed by atoms with Crippen molar-refractivity contribution < 1.29 is 33.3 Å². The molecule has 4 atom stereocenters. The van der Waals surface area contributed by atoms with Crippen LogP contribution in [0, 0.1) is 17.2 Å². The predicted octanol–water partition coefficient (Wildman–Crippen LogP) is 3.69. The first-order valence-corrected chi connectivity index (χ1v) is 18.1. The van der Waals surface area contributed by atoms with Crippen molar-refractivity contribution in [2.24, 2.45) is 18.4 Å². The maximum Gasteiger partial charge on any atom is 0.347 e. The molecule has 2 aromatic heterocycles. The zero-order valence-corrected chi connectivity index (χ0v) is 31.7. The number of amides is 2. The molecule has 0 radical (unpaired) electrons. The normalized spacial score (nSPS) is 21.4. The standard InChI is InChI=1S/C39H36ClFN6O9/c1-39-23(34(49)46(36(39)51)19-6-9-25(41)24(40)14-19)16-28-21(33(39)22-8-7-20(48)15-30(22)54-3)10-13-45-37(52)44(38(53)47(28)45)12-11-26-35(50)43(2)29-18-32(56-5)31(55-4)17-27(29)42-26/h6-10,14-15,17-18,23,28,33,48H,11-13,16H2,1-5H3/t23-,28+,33+,39+/m0/s1. The Morgan fingerprint density at radius 3 is 2.36 bits per heavy atom. The largest absolute Gasteiger partial charge is 0.508 e. The van der Waals surface area contributed by atoms with E-state index in [1.807, 2.05) is 0 Å². The van der Waals surface area contributed by atoms with Gasteiger partial charge >= 0.3 is 11.4 Å². The van der Waals surface area contributed by atoms with Crippen LogP contribution in [0.2, 0.25) is 5.02 Å². The number of ether oxygens (including phenoxy) is 3. The second-order valence-corrected chi connectivity index (χ2v) is 14.6. The molecule has 290 valence electrons. The van der Waals surface area contributed by atoms with Gasteiger partial charge in [0.25, 0.3) is 5.56 Å². The van der Waals surface area contributed by atoms with Crippen LogP contribution in [0.5, 0.6) is 23.0 Å². The third-order valence-corrected chi connectivity index (χ3v) is 11.8. The zero-order valence-electron chi connectivity index (χ0n) is 30.9. The summed E-state index contributed by atoms with van der Waals surface area (Å²) in [5.74, 6) is -2.79.